The van der Waals surface area contributed by atoms with E-state index in [1.54, 1.807) is 0 Å². The van der Waals surface area contributed by atoms with E-state index in [0.29, 0.717) is 5.92 Å². The molecule has 2 nitrogen and oxygen atoms in total. The summed E-state index contributed by atoms with van der Waals surface area (Å²) in [5.41, 5.74) is 2.88. The van der Waals surface area contributed by atoms with Gasteiger partial charge < -0.3 is 4.74 Å². The molecule has 1 aromatic carbocycles. The molecule has 2 unspecified atom stereocenters. The monoisotopic (exact) mass is 245 g/mol. The first-order chi connectivity index (χ1) is 8.72. The zero-order chi connectivity index (χ0) is 12.5. The summed E-state index contributed by atoms with van der Waals surface area (Å²) in [5, 5.41) is 0. The third-order valence-corrected chi connectivity index (χ3v) is 4.37. The van der Waals surface area contributed by atoms with Crippen molar-refractivity contribution in [2.45, 2.75) is 26.3 Å². The highest BCUT2D eigenvalue weighted by Crippen LogP contribution is 2.30. The van der Waals surface area contributed by atoms with Crippen molar-refractivity contribution < 1.29 is 4.74 Å². The highest BCUT2D eigenvalue weighted by molar-refractivity contribution is 5.24. The zero-order valence-corrected chi connectivity index (χ0v) is 11.4. The Balaban J connectivity index is 1.60. The molecular formula is C16H23NO. The fraction of sp³-hybridized carbons (Fsp3) is 0.625. The van der Waals surface area contributed by atoms with E-state index in [4.69, 9.17) is 4.74 Å². The fourth-order valence-corrected chi connectivity index (χ4v) is 3.18. The van der Waals surface area contributed by atoms with Crippen molar-refractivity contribution in [3.8, 4) is 0 Å². The van der Waals surface area contributed by atoms with Gasteiger partial charge in [0.05, 0.1) is 13.2 Å². The highest BCUT2D eigenvalue weighted by atomic mass is 16.5. The lowest BCUT2D eigenvalue weighted by Gasteiger charge is -2.17. The Morgan fingerprint density at radius 2 is 1.72 bits per heavy atom. The van der Waals surface area contributed by atoms with Gasteiger partial charge in [-0.1, -0.05) is 38.1 Å². The molecule has 3 rings (SSSR count). The number of hydrogen-bond donors (Lipinski definition) is 0. The topological polar surface area (TPSA) is 12.5 Å². The molecule has 0 amide bonds. The van der Waals surface area contributed by atoms with E-state index in [-0.39, 0.29) is 0 Å². The minimum atomic E-state index is 0.627. The number of benzene rings is 1. The average molecular weight is 245 g/mol. The lowest BCUT2D eigenvalue weighted by molar-refractivity contribution is 0.153. The third kappa shape index (κ3) is 2.45. The van der Waals surface area contributed by atoms with Crippen molar-refractivity contribution in [3.05, 3.63) is 35.4 Å². The zero-order valence-electron chi connectivity index (χ0n) is 11.4. The number of rotatable bonds is 3. The summed E-state index contributed by atoms with van der Waals surface area (Å²) in [6.07, 6.45) is 0. The van der Waals surface area contributed by atoms with Crippen LogP contribution in [0.15, 0.2) is 24.3 Å². The first kappa shape index (κ1) is 12.2. The van der Waals surface area contributed by atoms with Crippen molar-refractivity contribution in [1.82, 2.24) is 4.90 Å². The van der Waals surface area contributed by atoms with Crippen LogP contribution in [0.2, 0.25) is 0 Å². The van der Waals surface area contributed by atoms with Gasteiger partial charge in [-0.05, 0) is 17.0 Å². The minimum absolute atomic E-state index is 0.627. The maximum atomic E-state index is 5.53. The Hall–Kier alpha value is -0.860. The van der Waals surface area contributed by atoms with Crippen LogP contribution in [-0.2, 0) is 11.3 Å². The molecule has 0 N–H and O–H groups in total. The van der Waals surface area contributed by atoms with E-state index >= 15 is 0 Å². The Kier molecular flexibility index (Phi) is 3.40. The predicted molar refractivity (Wildman–Crippen MR) is 73.6 cm³/mol. The van der Waals surface area contributed by atoms with Crippen molar-refractivity contribution in [3.63, 3.8) is 0 Å². The lowest BCUT2D eigenvalue weighted by Crippen LogP contribution is -2.22. The van der Waals surface area contributed by atoms with Gasteiger partial charge in [-0.3, -0.25) is 4.90 Å². The van der Waals surface area contributed by atoms with Crippen molar-refractivity contribution in [1.29, 1.82) is 0 Å². The van der Waals surface area contributed by atoms with Crippen LogP contribution in [0.3, 0.4) is 0 Å². The van der Waals surface area contributed by atoms with Crippen LogP contribution in [0, 0.1) is 11.8 Å². The molecule has 0 saturated carbocycles. The SMILES string of the molecule is CC(C)c1ccc(CN2CC3COCC3C2)cc1. The Morgan fingerprint density at radius 1 is 1.11 bits per heavy atom. The smallest absolute Gasteiger partial charge is 0.0510 e. The van der Waals surface area contributed by atoms with Gasteiger partial charge in [0.1, 0.15) is 0 Å². The number of fused-ring (bicyclic) bond motifs is 1. The predicted octanol–water partition coefficient (Wildman–Crippen LogP) is 2.89. The third-order valence-electron chi connectivity index (χ3n) is 4.37. The van der Waals surface area contributed by atoms with E-state index in [1.807, 2.05) is 0 Å². The van der Waals surface area contributed by atoms with Gasteiger partial charge in [-0.15, -0.1) is 0 Å². The van der Waals surface area contributed by atoms with Gasteiger partial charge in [0.2, 0.25) is 0 Å². The van der Waals surface area contributed by atoms with Crippen molar-refractivity contribution in [2.75, 3.05) is 26.3 Å². The summed E-state index contributed by atoms with van der Waals surface area (Å²) >= 11 is 0. The summed E-state index contributed by atoms with van der Waals surface area (Å²) in [4.78, 5) is 2.59. The van der Waals surface area contributed by atoms with Gasteiger partial charge in [0, 0.05) is 31.5 Å². The summed E-state index contributed by atoms with van der Waals surface area (Å²) in [6.45, 7) is 9.99. The minimum Gasteiger partial charge on any atom is -0.381 e. The van der Waals surface area contributed by atoms with Crippen LogP contribution in [0.4, 0.5) is 0 Å². The molecule has 2 heteroatoms. The van der Waals surface area contributed by atoms with Gasteiger partial charge in [-0.25, -0.2) is 0 Å². The molecule has 0 spiro atoms. The fourth-order valence-electron chi connectivity index (χ4n) is 3.18. The van der Waals surface area contributed by atoms with Crippen molar-refractivity contribution >= 4 is 0 Å². The van der Waals surface area contributed by atoms with E-state index in [9.17, 15) is 0 Å². The van der Waals surface area contributed by atoms with Crippen LogP contribution < -0.4 is 0 Å². The largest absolute Gasteiger partial charge is 0.381 e. The lowest BCUT2D eigenvalue weighted by atomic mass is 10.0. The van der Waals surface area contributed by atoms with Crippen LogP contribution >= 0.6 is 0 Å². The Labute approximate surface area is 110 Å². The summed E-state index contributed by atoms with van der Waals surface area (Å²) < 4.78 is 5.53. The highest BCUT2D eigenvalue weighted by Gasteiger charge is 2.36. The first-order valence-corrected chi connectivity index (χ1v) is 7.11. The second-order valence-corrected chi connectivity index (χ2v) is 6.15. The molecule has 2 fully saturated rings. The molecule has 2 aliphatic heterocycles. The first-order valence-electron chi connectivity index (χ1n) is 7.11. The number of likely N-dealkylation sites (tertiary alicyclic amines) is 1. The molecule has 2 atom stereocenters. The molecule has 2 saturated heterocycles. The second kappa shape index (κ2) is 5.02. The van der Waals surface area contributed by atoms with Crippen LogP contribution in [0.5, 0.6) is 0 Å². The van der Waals surface area contributed by atoms with Crippen molar-refractivity contribution in [2.24, 2.45) is 11.8 Å². The molecule has 0 aromatic heterocycles. The molecule has 2 aliphatic rings. The van der Waals surface area contributed by atoms with Crippen LogP contribution in [-0.4, -0.2) is 31.2 Å². The normalized spacial score (nSPS) is 27.9. The number of nitrogens with zero attached hydrogens (tertiary/aromatic N) is 1. The molecule has 2 heterocycles. The Morgan fingerprint density at radius 3 is 2.28 bits per heavy atom. The summed E-state index contributed by atoms with van der Waals surface area (Å²) in [7, 11) is 0. The van der Waals surface area contributed by atoms with Gasteiger partial charge in [0.25, 0.3) is 0 Å². The summed E-state index contributed by atoms with van der Waals surface area (Å²) in [5.74, 6) is 2.21. The van der Waals surface area contributed by atoms with E-state index in [1.165, 1.54) is 24.2 Å². The average Bonchev–Trinajstić information content (AvgIpc) is 2.90. The van der Waals surface area contributed by atoms with E-state index in [0.717, 1.165) is 31.6 Å². The quantitative estimate of drug-likeness (QED) is 0.812. The molecule has 1 aromatic rings. The molecule has 18 heavy (non-hydrogen) atoms. The van der Waals surface area contributed by atoms with Crippen LogP contribution in [0.25, 0.3) is 0 Å². The number of ether oxygens (including phenoxy) is 1. The molecule has 0 radical (unpaired) electrons. The van der Waals surface area contributed by atoms with Crippen LogP contribution in [0.1, 0.15) is 30.9 Å². The van der Waals surface area contributed by atoms with Gasteiger partial charge >= 0.3 is 0 Å². The molecule has 98 valence electrons. The molecular weight excluding hydrogens is 222 g/mol. The maximum absolute atomic E-state index is 5.53. The van der Waals surface area contributed by atoms with E-state index in [2.05, 4.69) is 43.0 Å². The molecule has 0 bridgehead atoms. The van der Waals surface area contributed by atoms with E-state index < -0.39 is 0 Å². The second-order valence-electron chi connectivity index (χ2n) is 6.15. The number of hydrogen-bond acceptors (Lipinski definition) is 2. The Bertz CT molecular complexity index is 386. The standard InChI is InChI=1S/C16H23NO/c1-12(2)14-5-3-13(4-6-14)7-17-8-15-10-18-11-16(15)9-17/h3-6,12,15-16H,7-11H2,1-2H3. The summed E-state index contributed by atoms with van der Waals surface area (Å²) in [6, 6.07) is 9.14. The van der Waals surface area contributed by atoms with Gasteiger partial charge in [0.15, 0.2) is 0 Å². The maximum Gasteiger partial charge on any atom is 0.0510 e. The van der Waals surface area contributed by atoms with Gasteiger partial charge in [-0.2, -0.15) is 0 Å². The molecule has 0 aliphatic carbocycles.